The summed E-state index contributed by atoms with van der Waals surface area (Å²) in [5.74, 6) is 0. The van der Waals surface area contributed by atoms with E-state index in [0.29, 0.717) is 0 Å². The molecule has 0 nitrogen and oxygen atoms in total. The quantitative estimate of drug-likeness (QED) is 0.417. The molecule has 3 aromatic rings. The van der Waals surface area contributed by atoms with Gasteiger partial charge in [0.25, 0.3) is 0 Å². The second kappa shape index (κ2) is 5.94. The SMILES string of the molecule is Cc1ccc(Br)cc1C(Br)c1ccc(C)c2ccccc12. The largest absolute Gasteiger partial charge is 0.0786 e. The number of hydrogen-bond donors (Lipinski definition) is 0. The molecule has 0 N–H and O–H groups in total. The van der Waals surface area contributed by atoms with Crippen molar-refractivity contribution in [3.8, 4) is 0 Å². The summed E-state index contributed by atoms with van der Waals surface area (Å²) < 4.78 is 1.11. The van der Waals surface area contributed by atoms with Gasteiger partial charge in [-0.25, -0.2) is 0 Å². The summed E-state index contributed by atoms with van der Waals surface area (Å²) in [6.07, 6.45) is 0. The van der Waals surface area contributed by atoms with Gasteiger partial charge < -0.3 is 0 Å². The van der Waals surface area contributed by atoms with Crippen molar-refractivity contribution in [2.24, 2.45) is 0 Å². The van der Waals surface area contributed by atoms with Crippen LogP contribution in [-0.2, 0) is 0 Å². The normalized spacial score (nSPS) is 12.6. The van der Waals surface area contributed by atoms with Crippen molar-refractivity contribution in [2.45, 2.75) is 18.7 Å². The van der Waals surface area contributed by atoms with Gasteiger partial charge in [-0.15, -0.1) is 0 Å². The van der Waals surface area contributed by atoms with E-state index in [4.69, 9.17) is 0 Å². The van der Waals surface area contributed by atoms with E-state index in [2.05, 4.69) is 100 Å². The van der Waals surface area contributed by atoms with Crippen LogP contribution in [0, 0.1) is 13.8 Å². The van der Waals surface area contributed by atoms with Gasteiger partial charge in [-0.3, -0.25) is 0 Å². The molecule has 3 rings (SSSR count). The molecule has 0 aromatic heterocycles. The van der Waals surface area contributed by atoms with Crippen LogP contribution in [0.15, 0.2) is 59.1 Å². The van der Waals surface area contributed by atoms with E-state index in [1.165, 1.54) is 33.0 Å². The van der Waals surface area contributed by atoms with Gasteiger partial charge in [-0.05, 0) is 59.0 Å². The maximum Gasteiger partial charge on any atom is 0.0653 e. The van der Waals surface area contributed by atoms with Gasteiger partial charge in [0.15, 0.2) is 0 Å². The molecule has 0 fully saturated rings. The van der Waals surface area contributed by atoms with Crippen LogP contribution < -0.4 is 0 Å². The molecule has 106 valence electrons. The lowest BCUT2D eigenvalue weighted by molar-refractivity contribution is 1.15. The average molecular weight is 404 g/mol. The Bertz CT molecular complexity index is 806. The molecule has 0 saturated heterocycles. The highest BCUT2D eigenvalue weighted by Gasteiger charge is 2.16. The fraction of sp³-hybridized carbons (Fsp3) is 0.158. The predicted molar refractivity (Wildman–Crippen MR) is 98.3 cm³/mol. The molecule has 0 saturated carbocycles. The molecule has 3 aromatic carbocycles. The van der Waals surface area contributed by atoms with Crippen molar-refractivity contribution >= 4 is 42.6 Å². The molecule has 0 aliphatic rings. The van der Waals surface area contributed by atoms with Gasteiger partial charge in [-0.2, -0.15) is 0 Å². The summed E-state index contributed by atoms with van der Waals surface area (Å²) in [5.41, 5.74) is 5.24. The zero-order chi connectivity index (χ0) is 15.0. The summed E-state index contributed by atoms with van der Waals surface area (Å²) in [6.45, 7) is 4.33. The summed E-state index contributed by atoms with van der Waals surface area (Å²) in [7, 11) is 0. The topological polar surface area (TPSA) is 0 Å². The van der Waals surface area contributed by atoms with Crippen molar-refractivity contribution in [1.29, 1.82) is 0 Å². The number of alkyl halides is 1. The van der Waals surface area contributed by atoms with Crippen molar-refractivity contribution in [3.63, 3.8) is 0 Å². The number of halogens is 2. The lowest BCUT2D eigenvalue weighted by Crippen LogP contribution is -1.98. The zero-order valence-corrected chi connectivity index (χ0v) is 15.2. The summed E-state index contributed by atoms with van der Waals surface area (Å²) >= 11 is 7.48. The number of benzene rings is 3. The van der Waals surface area contributed by atoms with E-state index in [-0.39, 0.29) is 4.83 Å². The average Bonchev–Trinajstić information content (AvgIpc) is 2.50. The van der Waals surface area contributed by atoms with Crippen LogP contribution >= 0.6 is 31.9 Å². The first kappa shape index (κ1) is 14.8. The van der Waals surface area contributed by atoms with Gasteiger partial charge in [0.05, 0.1) is 4.83 Å². The molecule has 0 aliphatic carbocycles. The van der Waals surface area contributed by atoms with Gasteiger partial charge in [0, 0.05) is 4.47 Å². The molecule has 0 aliphatic heterocycles. The Balaban J connectivity index is 2.20. The highest BCUT2D eigenvalue weighted by molar-refractivity contribution is 9.10. The maximum atomic E-state index is 3.90. The van der Waals surface area contributed by atoms with E-state index >= 15 is 0 Å². The minimum Gasteiger partial charge on any atom is -0.0786 e. The van der Waals surface area contributed by atoms with Gasteiger partial charge >= 0.3 is 0 Å². The highest BCUT2D eigenvalue weighted by atomic mass is 79.9. The number of fused-ring (bicyclic) bond motifs is 1. The Hall–Kier alpha value is -1.12. The van der Waals surface area contributed by atoms with Gasteiger partial charge in [-0.1, -0.05) is 74.3 Å². The van der Waals surface area contributed by atoms with Crippen LogP contribution in [0.1, 0.15) is 27.1 Å². The number of hydrogen-bond acceptors (Lipinski definition) is 0. The molecule has 0 bridgehead atoms. The first-order chi connectivity index (χ1) is 10.1. The van der Waals surface area contributed by atoms with Crippen LogP contribution in [-0.4, -0.2) is 0 Å². The first-order valence-electron chi connectivity index (χ1n) is 6.96. The molecular weight excluding hydrogens is 388 g/mol. The predicted octanol–water partition coefficient (Wildman–Crippen LogP) is 6.70. The summed E-state index contributed by atoms with van der Waals surface area (Å²) in [4.78, 5) is 0.195. The maximum absolute atomic E-state index is 3.90. The molecule has 0 radical (unpaired) electrons. The van der Waals surface area contributed by atoms with Crippen molar-refractivity contribution < 1.29 is 0 Å². The minimum atomic E-state index is 0.195. The third-order valence-electron chi connectivity index (χ3n) is 3.96. The van der Waals surface area contributed by atoms with Crippen molar-refractivity contribution in [3.05, 3.63) is 81.3 Å². The zero-order valence-electron chi connectivity index (χ0n) is 12.0. The monoisotopic (exact) mass is 402 g/mol. The lowest BCUT2D eigenvalue weighted by Gasteiger charge is -2.17. The molecule has 2 heteroatoms. The van der Waals surface area contributed by atoms with Crippen LogP contribution in [0.25, 0.3) is 10.8 Å². The fourth-order valence-corrected chi connectivity index (χ4v) is 4.02. The third kappa shape index (κ3) is 2.79. The smallest absolute Gasteiger partial charge is 0.0653 e. The molecule has 1 unspecified atom stereocenters. The fourth-order valence-electron chi connectivity index (χ4n) is 2.75. The first-order valence-corrected chi connectivity index (χ1v) is 8.67. The lowest BCUT2D eigenvalue weighted by atomic mass is 9.94. The van der Waals surface area contributed by atoms with Gasteiger partial charge in [0.2, 0.25) is 0 Å². The second-order valence-corrected chi connectivity index (χ2v) is 7.21. The van der Waals surface area contributed by atoms with Crippen molar-refractivity contribution in [1.82, 2.24) is 0 Å². The highest BCUT2D eigenvalue weighted by Crippen LogP contribution is 2.38. The number of rotatable bonds is 2. The molecule has 0 amide bonds. The van der Waals surface area contributed by atoms with E-state index < -0.39 is 0 Å². The Morgan fingerprint density at radius 2 is 1.43 bits per heavy atom. The van der Waals surface area contributed by atoms with E-state index in [1.54, 1.807) is 0 Å². The van der Waals surface area contributed by atoms with Crippen molar-refractivity contribution in [2.75, 3.05) is 0 Å². The van der Waals surface area contributed by atoms with E-state index in [1.807, 2.05) is 0 Å². The Morgan fingerprint density at radius 3 is 2.19 bits per heavy atom. The summed E-state index contributed by atoms with van der Waals surface area (Å²) in [5, 5.41) is 2.64. The molecule has 1 atom stereocenters. The van der Waals surface area contributed by atoms with Gasteiger partial charge in [0.1, 0.15) is 0 Å². The van der Waals surface area contributed by atoms with Crippen LogP contribution in [0.4, 0.5) is 0 Å². The minimum absolute atomic E-state index is 0.195. The Morgan fingerprint density at radius 1 is 0.762 bits per heavy atom. The van der Waals surface area contributed by atoms with Crippen LogP contribution in [0.3, 0.4) is 0 Å². The van der Waals surface area contributed by atoms with E-state index in [0.717, 1.165) is 4.47 Å². The van der Waals surface area contributed by atoms with E-state index in [9.17, 15) is 0 Å². The molecule has 0 spiro atoms. The van der Waals surface area contributed by atoms with Crippen LogP contribution in [0.5, 0.6) is 0 Å². The standard InChI is InChI=1S/C19H16Br2/c1-12-8-10-17(16-6-4-3-5-15(12)16)19(21)18-11-14(20)9-7-13(18)2/h3-11,19H,1-2H3. The third-order valence-corrected chi connectivity index (χ3v) is 5.44. The van der Waals surface area contributed by atoms with Crippen LogP contribution in [0.2, 0.25) is 0 Å². The second-order valence-electron chi connectivity index (χ2n) is 5.38. The number of aryl methyl sites for hydroxylation is 2. The Kier molecular flexibility index (Phi) is 4.19. The molecule has 0 heterocycles. The molecule has 21 heavy (non-hydrogen) atoms. The summed E-state index contributed by atoms with van der Waals surface area (Å²) in [6, 6.07) is 19.5. The molecular formula is C19H16Br2. The Labute approximate surface area is 142 Å².